The lowest BCUT2D eigenvalue weighted by atomic mass is 9.96. The number of para-hydroxylation sites is 1. The van der Waals surface area contributed by atoms with E-state index < -0.39 is 0 Å². The number of nitrogens with zero attached hydrogens (tertiary/aromatic N) is 3. The first-order valence-electron chi connectivity index (χ1n) is 8.49. The van der Waals surface area contributed by atoms with Crippen molar-refractivity contribution in [1.82, 2.24) is 9.55 Å². The van der Waals surface area contributed by atoms with Crippen LogP contribution in [-0.4, -0.2) is 15.6 Å². The number of hydrogen-bond acceptors (Lipinski definition) is 2. The molecule has 0 amide bonds. The van der Waals surface area contributed by atoms with E-state index in [0.717, 1.165) is 22.7 Å². The molecule has 3 nitrogen and oxygen atoms in total. The van der Waals surface area contributed by atoms with Crippen LogP contribution in [0.3, 0.4) is 0 Å². The highest BCUT2D eigenvalue weighted by Gasteiger charge is 2.16. The SMILES string of the molecule is c1ccc(-n2c3cccccc-3nc2=NC2CCCCC2)cc1. The van der Waals surface area contributed by atoms with Gasteiger partial charge in [0.05, 0.1) is 17.4 Å². The first-order chi connectivity index (χ1) is 11.4. The van der Waals surface area contributed by atoms with Gasteiger partial charge in [0.1, 0.15) is 0 Å². The van der Waals surface area contributed by atoms with Crippen LogP contribution in [0.2, 0.25) is 0 Å². The van der Waals surface area contributed by atoms with Crippen LogP contribution < -0.4 is 5.62 Å². The van der Waals surface area contributed by atoms with Crippen molar-refractivity contribution in [3.63, 3.8) is 0 Å². The highest BCUT2D eigenvalue weighted by atomic mass is 15.1. The summed E-state index contributed by atoms with van der Waals surface area (Å²) in [5.74, 6) is 0. The summed E-state index contributed by atoms with van der Waals surface area (Å²) in [6.07, 6.45) is 6.29. The van der Waals surface area contributed by atoms with Crippen LogP contribution in [-0.2, 0) is 0 Å². The van der Waals surface area contributed by atoms with Crippen LogP contribution in [0.1, 0.15) is 32.1 Å². The molecule has 4 rings (SSSR count). The van der Waals surface area contributed by atoms with Gasteiger partial charge >= 0.3 is 0 Å². The molecule has 0 aromatic heterocycles. The lowest BCUT2D eigenvalue weighted by Gasteiger charge is -2.17. The summed E-state index contributed by atoms with van der Waals surface area (Å²) in [6, 6.07) is 21.1. The van der Waals surface area contributed by atoms with Crippen molar-refractivity contribution in [3.05, 3.63) is 66.3 Å². The van der Waals surface area contributed by atoms with Crippen LogP contribution in [0.15, 0.2) is 65.7 Å². The molecule has 1 saturated carbocycles. The van der Waals surface area contributed by atoms with Crippen molar-refractivity contribution in [1.29, 1.82) is 0 Å². The summed E-state index contributed by atoms with van der Waals surface area (Å²) in [5, 5.41) is 0. The summed E-state index contributed by atoms with van der Waals surface area (Å²) in [4.78, 5) is 9.82. The van der Waals surface area contributed by atoms with E-state index in [1.165, 1.54) is 32.1 Å². The minimum Gasteiger partial charge on any atom is -0.277 e. The standard InChI is InChI=1S/C20H21N3/c1-4-10-16(11-5-1)21-20-22-18-14-8-3-9-15-19(18)23(20)17-12-6-2-7-13-17/h2-3,6-9,12-16H,1,4-5,10-11H2. The highest BCUT2D eigenvalue weighted by molar-refractivity contribution is 5.59. The van der Waals surface area contributed by atoms with E-state index in [1.54, 1.807) is 0 Å². The van der Waals surface area contributed by atoms with Crippen LogP contribution in [0, 0.1) is 0 Å². The van der Waals surface area contributed by atoms with Crippen molar-refractivity contribution in [2.24, 2.45) is 4.99 Å². The normalized spacial score (nSPS) is 16.8. The second-order valence-electron chi connectivity index (χ2n) is 6.18. The molecule has 1 aromatic rings. The average molecular weight is 303 g/mol. The molecule has 1 fully saturated rings. The fraction of sp³-hybridized carbons (Fsp3) is 0.300. The van der Waals surface area contributed by atoms with Gasteiger partial charge in [-0.1, -0.05) is 55.7 Å². The van der Waals surface area contributed by atoms with Crippen LogP contribution in [0.25, 0.3) is 17.1 Å². The van der Waals surface area contributed by atoms with E-state index in [1.807, 2.05) is 18.2 Å². The minimum atomic E-state index is 0.414. The number of aromatic nitrogens is 2. The molecule has 116 valence electrons. The molecule has 0 radical (unpaired) electrons. The average Bonchev–Trinajstić information content (AvgIpc) is 2.77. The summed E-state index contributed by atoms with van der Waals surface area (Å²) >= 11 is 0. The van der Waals surface area contributed by atoms with Crippen molar-refractivity contribution in [2.45, 2.75) is 38.1 Å². The van der Waals surface area contributed by atoms with Gasteiger partial charge in [0.2, 0.25) is 5.62 Å². The molecule has 1 aliphatic heterocycles. The van der Waals surface area contributed by atoms with Crippen LogP contribution in [0.4, 0.5) is 0 Å². The third kappa shape index (κ3) is 2.91. The van der Waals surface area contributed by atoms with Gasteiger partial charge in [-0.15, -0.1) is 0 Å². The van der Waals surface area contributed by atoms with Gasteiger partial charge in [-0.2, -0.15) is 0 Å². The van der Waals surface area contributed by atoms with Crippen molar-refractivity contribution in [3.8, 4) is 17.1 Å². The third-order valence-electron chi connectivity index (χ3n) is 4.54. The Kier molecular flexibility index (Phi) is 3.93. The topological polar surface area (TPSA) is 30.2 Å². The summed E-state index contributed by atoms with van der Waals surface area (Å²) in [7, 11) is 0. The number of fused-ring (bicyclic) bond motifs is 1. The van der Waals surface area contributed by atoms with Crippen LogP contribution in [0.5, 0.6) is 0 Å². The molecule has 0 bridgehead atoms. The second-order valence-corrected chi connectivity index (χ2v) is 6.18. The number of rotatable bonds is 2. The van der Waals surface area contributed by atoms with Crippen LogP contribution >= 0.6 is 0 Å². The van der Waals surface area contributed by atoms with Gasteiger partial charge in [-0.25, -0.2) is 9.98 Å². The Bertz CT molecular complexity index is 814. The molecule has 3 heteroatoms. The first-order valence-corrected chi connectivity index (χ1v) is 8.49. The molecule has 1 aromatic carbocycles. The Morgan fingerprint density at radius 1 is 0.826 bits per heavy atom. The summed E-state index contributed by atoms with van der Waals surface area (Å²) in [6.45, 7) is 0. The van der Waals surface area contributed by atoms with Gasteiger partial charge in [0.25, 0.3) is 0 Å². The molecule has 23 heavy (non-hydrogen) atoms. The van der Waals surface area contributed by atoms with Gasteiger partial charge in [0.15, 0.2) is 0 Å². The van der Waals surface area contributed by atoms with E-state index in [-0.39, 0.29) is 0 Å². The van der Waals surface area contributed by atoms with E-state index in [2.05, 4.69) is 47.0 Å². The molecular weight excluding hydrogens is 282 g/mol. The molecule has 0 spiro atoms. The molecule has 0 atom stereocenters. The lowest BCUT2D eigenvalue weighted by molar-refractivity contribution is 0.433. The van der Waals surface area contributed by atoms with Crippen molar-refractivity contribution in [2.75, 3.05) is 0 Å². The first kappa shape index (κ1) is 14.2. The van der Waals surface area contributed by atoms with Gasteiger partial charge in [-0.3, -0.25) is 4.57 Å². The van der Waals surface area contributed by atoms with E-state index in [4.69, 9.17) is 9.98 Å². The second kappa shape index (κ2) is 6.37. The highest BCUT2D eigenvalue weighted by Crippen LogP contribution is 2.22. The zero-order chi connectivity index (χ0) is 15.5. The molecule has 3 aliphatic rings. The Morgan fingerprint density at radius 3 is 2.30 bits per heavy atom. The van der Waals surface area contributed by atoms with Gasteiger partial charge < -0.3 is 0 Å². The number of hydrogen-bond donors (Lipinski definition) is 0. The zero-order valence-corrected chi connectivity index (χ0v) is 13.2. The Balaban J connectivity index is 1.92. The molecule has 0 saturated heterocycles. The van der Waals surface area contributed by atoms with Gasteiger partial charge in [-0.05, 0) is 37.1 Å². The maximum atomic E-state index is 5.00. The lowest BCUT2D eigenvalue weighted by Crippen LogP contribution is -2.22. The molecular formula is C20H21N3. The predicted octanol–water partition coefficient (Wildman–Crippen LogP) is 4.21. The monoisotopic (exact) mass is 303 g/mol. The Labute approximate surface area is 136 Å². The maximum Gasteiger partial charge on any atom is 0.230 e. The molecule has 1 heterocycles. The Hall–Kier alpha value is -2.42. The quantitative estimate of drug-likeness (QED) is 0.697. The Morgan fingerprint density at radius 2 is 1.52 bits per heavy atom. The van der Waals surface area contributed by atoms with Gasteiger partial charge in [0, 0.05) is 5.69 Å². The maximum absolute atomic E-state index is 5.00. The van der Waals surface area contributed by atoms with E-state index >= 15 is 0 Å². The predicted molar refractivity (Wildman–Crippen MR) is 92.6 cm³/mol. The minimum absolute atomic E-state index is 0.414. The zero-order valence-electron chi connectivity index (χ0n) is 13.2. The smallest absolute Gasteiger partial charge is 0.230 e. The largest absolute Gasteiger partial charge is 0.277 e. The fourth-order valence-corrected chi connectivity index (χ4v) is 3.37. The fourth-order valence-electron chi connectivity index (χ4n) is 3.37. The number of imidazole rings is 1. The number of benzene rings is 1. The van der Waals surface area contributed by atoms with E-state index in [0.29, 0.717) is 6.04 Å². The van der Waals surface area contributed by atoms with E-state index in [9.17, 15) is 0 Å². The molecule has 0 unspecified atom stereocenters. The third-order valence-corrected chi connectivity index (χ3v) is 4.54. The molecule has 2 aliphatic carbocycles. The summed E-state index contributed by atoms with van der Waals surface area (Å²) < 4.78 is 2.18. The summed E-state index contributed by atoms with van der Waals surface area (Å²) in [5.41, 5.74) is 4.06. The van der Waals surface area contributed by atoms with Crippen molar-refractivity contribution < 1.29 is 0 Å². The molecule has 0 N–H and O–H groups in total. The van der Waals surface area contributed by atoms with Crippen molar-refractivity contribution >= 4 is 0 Å².